The van der Waals surface area contributed by atoms with E-state index in [9.17, 15) is 14.4 Å². The Morgan fingerprint density at radius 1 is 1.28 bits per heavy atom. The molecule has 1 N–H and O–H groups in total. The highest BCUT2D eigenvalue weighted by atomic mass is 32.2. The van der Waals surface area contributed by atoms with E-state index < -0.39 is 11.1 Å². The first-order chi connectivity index (χ1) is 12.0. The van der Waals surface area contributed by atoms with E-state index in [-0.39, 0.29) is 17.4 Å². The van der Waals surface area contributed by atoms with Crippen LogP contribution in [-0.2, 0) is 9.59 Å². The fraction of sp³-hybridized carbons (Fsp3) is 0.353. The van der Waals surface area contributed by atoms with E-state index in [0.717, 1.165) is 23.1 Å². The molecule has 7 nitrogen and oxygen atoms in total. The molecule has 8 heteroatoms. The van der Waals surface area contributed by atoms with Crippen LogP contribution >= 0.6 is 11.8 Å². The lowest BCUT2D eigenvalue weighted by molar-refractivity contribution is -0.129. The predicted octanol–water partition coefficient (Wildman–Crippen LogP) is 2.27. The van der Waals surface area contributed by atoms with Gasteiger partial charge in [0.2, 0.25) is 5.91 Å². The third-order valence-electron chi connectivity index (χ3n) is 3.47. The highest BCUT2D eigenvalue weighted by molar-refractivity contribution is 8.18. The van der Waals surface area contributed by atoms with Crippen LogP contribution in [-0.4, -0.2) is 49.3 Å². The van der Waals surface area contributed by atoms with Gasteiger partial charge in [-0.2, -0.15) is 0 Å². The maximum Gasteiger partial charge on any atom is 0.294 e. The van der Waals surface area contributed by atoms with Gasteiger partial charge in [0, 0.05) is 12.1 Å². The molecule has 1 aromatic rings. The zero-order chi connectivity index (χ0) is 18.4. The number of ether oxygens (including phenoxy) is 2. The van der Waals surface area contributed by atoms with E-state index in [4.69, 9.17) is 9.47 Å². The van der Waals surface area contributed by atoms with Crippen LogP contribution in [0.15, 0.2) is 23.1 Å². The van der Waals surface area contributed by atoms with Gasteiger partial charge in [0.25, 0.3) is 11.1 Å². The van der Waals surface area contributed by atoms with Crippen LogP contribution < -0.4 is 14.8 Å². The molecule has 3 amide bonds. The van der Waals surface area contributed by atoms with Crippen molar-refractivity contribution in [1.29, 1.82) is 0 Å². The van der Waals surface area contributed by atoms with Crippen molar-refractivity contribution in [2.24, 2.45) is 0 Å². The molecule has 0 saturated carbocycles. The van der Waals surface area contributed by atoms with Crippen LogP contribution in [0.2, 0.25) is 0 Å². The Kier molecular flexibility index (Phi) is 6.46. The van der Waals surface area contributed by atoms with E-state index in [0.29, 0.717) is 23.6 Å². The fourth-order valence-corrected chi connectivity index (χ4v) is 3.10. The minimum absolute atomic E-state index is 0.236. The number of imide groups is 1. The summed E-state index contributed by atoms with van der Waals surface area (Å²) < 4.78 is 10.5. The van der Waals surface area contributed by atoms with Crippen molar-refractivity contribution in [2.45, 2.75) is 13.3 Å². The Labute approximate surface area is 150 Å². The average molecular weight is 364 g/mol. The molecular weight excluding hydrogens is 344 g/mol. The van der Waals surface area contributed by atoms with Gasteiger partial charge < -0.3 is 14.8 Å². The topological polar surface area (TPSA) is 84.9 Å². The van der Waals surface area contributed by atoms with Gasteiger partial charge in [-0.25, -0.2) is 0 Å². The average Bonchev–Trinajstić information content (AvgIpc) is 2.87. The van der Waals surface area contributed by atoms with Crippen LogP contribution in [0.5, 0.6) is 11.5 Å². The minimum atomic E-state index is -0.494. The van der Waals surface area contributed by atoms with Crippen molar-refractivity contribution in [2.75, 3.05) is 27.3 Å². The lowest BCUT2D eigenvalue weighted by atomic mass is 10.1. The van der Waals surface area contributed by atoms with Crippen LogP contribution in [0, 0.1) is 0 Å². The Bertz CT molecular complexity index is 717. The Balaban J connectivity index is 2.22. The van der Waals surface area contributed by atoms with Gasteiger partial charge in [0.1, 0.15) is 6.54 Å². The van der Waals surface area contributed by atoms with Gasteiger partial charge in [-0.1, -0.05) is 19.1 Å². The second-order valence-electron chi connectivity index (χ2n) is 5.20. The summed E-state index contributed by atoms with van der Waals surface area (Å²) in [5.41, 5.74) is 0.614. The number of rotatable bonds is 7. The van der Waals surface area contributed by atoms with Crippen molar-refractivity contribution in [3.63, 3.8) is 0 Å². The quantitative estimate of drug-likeness (QED) is 0.747. The monoisotopic (exact) mass is 364 g/mol. The highest BCUT2D eigenvalue weighted by Crippen LogP contribution is 2.37. The standard InChI is InChI=1S/C17H20N2O5S/c1-4-8-18-14(20)10-19-16(21)13(25-17(19)22)9-11-6-5-7-12(23-2)15(11)24-3/h5-7,9H,4,8,10H2,1-3H3,(H,18,20)/b13-9-. The molecule has 1 aromatic carbocycles. The number of hydrogen-bond acceptors (Lipinski definition) is 6. The highest BCUT2D eigenvalue weighted by Gasteiger charge is 2.36. The molecule has 0 aromatic heterocycles. The third-order valence-corrected chi connectivity index (χ3v) is 4.37. The van der Waals surface area contributed by atoms with Crippen molar-refractivity contribution in [3.05, 3.63) is 28.7 Å². The van der Waals surface area contributed by atoms with Crippen molar-refractivity contribution < 1.29 is 23.9 Å². The molecule has 1 saturated heterocycles. The summed E-state index contributed by atoms with van der Waals surface area (Å²) in [4.78, 5) is 37.5. The summed E-state index contributed by atoms with van der Waals surface area (Å²) >= 11 is 0.797. The zero-order valence-corrected chi connectivity index (χ0v) is 15.1. The molecule has 0 bridgehead atoms. The maximum atomic E-state index is 12.4. The lowest BCUT2D eigenvalue weighted by Crippen LogP contribution is -2.39. The molecule has 1 heterocycles. The van der Waals surface area contributed by atoms with Crippen LogP contribution in [0.4, 0.5) is 4.79 Å². The summed E-state index contributed by atoms with van der Waals surface area (Å²) in [5.74, 6) is 0.141. The molecule has 2 rings (SSSR count). The molecule has 0 radical (unpaired) electrons. The van der Waals surface area contributed by atoms with Gasteiger partial charge in [-0.05, 0) is 30.3 Å². The van der Waals surface area contributed by atoms with Gasteiger partial charge in [-0.15, -0.1) is 0 Å². The van der Waals surface area contributed by atoms with Crippen molar-refractivity contribution >= 4 is 34.9 Å². The Morgan fingerprint density at radius 3 is 2.68 bits per heavy atom. The summed E-state index contributed by atoms with van der Waals surface area (Å²) in [7, 11) is 3.02. The molecule has 134 valence electrons. The van der Waals surface area contributed by atoms with E-state index in [2.05, 4.69) is 5.32 Å². The molecule has 0 aliphatic carbocycles. The van der Waals surface area contributed by atoms with Gasteiger partial charge in [-0.3, -0.25) is 19.3 Å². The Hall–Kier alpha value is -2.48. The molecule has 0 spiro atoms. The van der Waals surface area contributed by atoms with Crippen molar-refractivity contribution in [3.8, 4) is 11.5 Å². The first-order valence-electron chi connectivity index (χ1n) is 7.74. The number of nitrogens with zero attached hydrogens (tertiary/aromatic N) is 1. The number of benzene rings is 1. The second kappa shape index (κ2) is 8.57. The first kappa shape index (κ1) is 18.9. The summed E-state index contributed by atoms with van der Waals surface area (Å²) in [6.07, 6.45) is 2.35. The second-order valence-corrected chi connectivity index (χ2v) is 6.19. The zero-order valence-electron chi connectivity index (χ0n) is 14.3. The largest absolute Gasteiger partial charge is 0.493 e. The first-order valence-corrected chi connectivity index (χ1v) is 8.56. The summed E-state index contributed by atoms with van der Waals surface area (Å²) in [6, 6.07) is 5.25. The number of para-hydroxylation sites is 1. The van der Waals surface area contributed by atoms with Gasteiger partial charge in [0.15, 0.2) is 11.5 Å². The van der Waals surface area contributed by atoms with Gasteiger partial charge in [0.05, 0.1) is 19.1 Å². The van der Waals surface area contributed by atoms with Crippen LogP contribution in [0.3, 0.4) is 0 Å². The maximum absolute atomic E-state index is 12.4. The van der Waals surface area contributed by atoms with Gasteiger partial charge >= 0.3 is 0 Å². The number of methoxy groups -OCH3 is 2. The van der Waals surface area contributed by atoms with E-state index >= 15 is 0 Å². The molecule has 25 heavy (non-hydrogen) atoms. The molecule has 1 aliphatic rings. The van der Waals surface area contributed by atoms with Crippen LogP contribution in [0.25, 0.3) is 6.08 Å². The molecule has 1 aliphatic heterocycles. The summed E-state index contributed by atoms with van der Waals surface area (Å²) in [6.45, 7) is 2.15. The number of thioether (sulfide) groups is 1. The number of carbonyl (C=O) groups excluding carboxylic acids is 3. The SMILES string of the molecule is CCCNC(=O)CN1C(=O)S/C(=C\c2cccc(OC)c2OC)C1=O. The summed E-state index contributed by atoms with van der Waals surface area (Å²) in [5, 5.41) is 2.18. The molecule has 1 fully saturated rings. The molecular formula is C17H20N2O5S. The minimum Gasteiger partial charge on any atom is -0.493 e. The number of amides is 3. The number of carbonyl (C=O) groups is 3. The third kappa shape index (κ3) is 4.33. The van der Waals surface area contributed by atoms with E-state index in [1.54, 1.807) is 24.3 Å². The van der Waals surface area contributed by atoms with E-state index in [1.807, 2.05) is 6.92 Å². The normalized spacial score (nSPS) is 15.6. The predicted molar refractivity (Wildman–Crippen MR) is 95.5 cm³/mol. The number of nitrogens with one attached hydrogen (secondary N) is 1. The smallest absolute Gasteiger partial charge is 0.294 e. The molecule has 0 unspecified atom stereocenters. The lowest BCUT2D eigenvalue weighted by Gasteiger charge is -2.12. The fourth-order valence-electron chi connectivity index (χ4n) is 2.27. The number of hydrogen-bond donors (Lipinski definition) is 1. The Morgan fingerprint density at radius 2 is 2.04 bits per heavy atom. The van der Waals surface area contributed by atoms with Crippen LogP contribution in [0.1, 0.15) is 18.9 Å². The molecule has 0 atom stereocenters. The van der Waals surface area contributed by atoms with Crippen molar-refractivity contribution in [1.82, 2.24) is 10.2 Å². The van der Waals surface area contributed by atoms with E-state index in [1.165, 1.54) is 14.2 Å².